The summed E-state index contributed by atoms with van der Waals surface area (Å²) in [6.45, 7) is 4.37. The van der Waals surface area contributed by atoms with E-state index in [1.54, 1.807) is 0 Å². The number of hydrogen-bond donors (Lipinski definition) is 0. The minimum absolute atomic E-state index is 0.320. The lowest BCUT2D eigenvalue weighted by atomic mass is 9.99. The molecule has 0 fully saturated rings. The molecule has 2 heteroatoms. The van der Waals surface area contributed by atoms with Gasteiger partial charge >= 0.3 is 0 Å². The van der Waals surface area contributed by atoms with Crippen molar-refractivity contribution in [3.05, 3.63) is 96.7 Å². The third-order valence-corrected chi connectivity index (χ3v) is 5.43. The Morgan fingerprint density at radius 1 is 0.586 bits per heavy atom. The van der Waals surface area contributed by atoms with E-state index in [9.17, 15) is 0 Å². The van der Waals surface area contributed by atoms with Crippen molar-refractivity contribution in [2.75, 3.05) is 0 Å². The zero-order valence-corrected chi connectivity index (χ0v) is 16.6. The maximum atomic E-state index is 5.05. The molecule has 0 amide bonds. The van der Waals surface area contributed by atoms with E-state index < -0.39 is 0 Å². The summed E-state index contributed by atoms with van der Waals surface area (Å²) in [5.74, 6) is 1.11. The van der Waals surface area contributed by atoms with Crippen LogP contribution in [0.25, 0.3) is 44.2 Å². The van der Waals surface area contributed by atoms with Crippen molar-refractivity contribution in [2.24, 2.45) is 0 Å². The maximum absolute atomic E-state index is 5.05. The summed E-state index contributed by atoms with van der Waals surface area (Å²) in [6, 6.07) is 31.8. The summed E-state index contributed by atoms with van der Waals surface area (Å²) < 4.78 is 0. The van der Waals surface area contributed by atoms with E-state index in [-0.39, 0.29) is 0 Å². The van der Waals surface area contributed by atoms with Crippen molar-refractivity contribution in [3.63, 3.8) is 0 Å². The minimum atomic E-state index is 0.320. The Labute approximate surface area is 170 Å². The molecule has 2 nitrogen and oxygen atoms in total. The Hall–Kier alpha value is -3.52. The largest absolute Gasteiger partial charge is 0.233 e. The van der Waals surface area contributed by atoms with Gasteiger partial charge in [0.15, 0.2) is 5.82 Å². The fraction of sp³-hybridized carbons (Fsp3) is 0.111. The van der Waals surface area contributed by atoms with Crippen molar-refractivity contribution in [1.29, 1.82) is 0 Å². The van der Waals surface area contributed by atoms with Crippen molar-refractivity contribution in [1.82, 2.24) is 9.97 Å². The van der Waals surface area contributed by atoms with Gasteiger partial charge in [0, 0.05) is 16.8 Å². The standard InChI is InChI=1S/C27H22N2/c1-18(2)25-17-26(23-15-7-11-19-9-3-5-13-21(19)23)29-27(28-25)24-16-8-12-20-10-4-6-14-22(20)24/h3-18H,1-2H3. The first kappa shape index (κ1) is 17.6. The van der Waals surface area contributed by atoms with Gasteiger partial charge in [0.2, 0.25) is 0 Å². The highest BCUT2D eigenvalue weighted by molar-refractivity contribution is 5.97. The molecule has 4 aromatic carbocycles. The molecule has 0 N–H and O–H groups in total. The molecule has 0 aliphatic heterocycles. The van der Waals surface area contributed by atoms with Crippen molar-refractivity contribution in [2.45, 2.75) is 19.8 Å². The lowest BCUT2D eigenvalue weighted by Crippen LogP contribution is -2.00. The van der Waals surface area contributed by atoms with E-state index in [1.165, 1.54) is 21.5 Å². The van der Waals surface area contributed by atoms with Crippen LogP contribution in [-0.2, 0) is 0 Å². The number of hydrogen-bond acceptors (Lipinski definition) is 2. The van der Waals surface area contributed by atoms with Gasteiger partial charge in [0.25, 0.3) is 0 Å². The van der Waals surface area contributed by atoms with Crippen LogP contribution in [0.5, 0.6) is 0 Å². The molecule has 0 atom stereocenters. The number of benzene rings is 4. The topological polar surface area (TPSA) is 25.8 Å². The molecular formula is C27H22N2. The highest BCUT2D eigenvalue weighted by atomic mass is 14.9. The summed E-state index contributed by atoms with van der Waals surface area (Å²) >= 11 is 0. The van der Waals surface area contributed by atoms with Gasteiger partial charge in [-0.2, -0.15) is 0 Å². The van der Waals surface area contributed by atoms with Gasteiger partial charge in [-0.15, -0.1) is 0 Å². The Bertz CT molecular complexity index is 1230. The molecule has 140 valence electrons. The zero-order valence-electron chi connectivity index (χ0n) is 16.6. The molecule has 29 heavy (non-hydrogen) atoms. The second-order valence-electron chi connectivity index (χ2n) is 7.71. The molecule has 0 saturated carbocycles. The monoisotopic (exact) mass is 374 g/mol. The first-order valence-electron chi connectivity index (χ1n) is 10.1. The van der Waals surface area contributed by atoms with Crippen LogP contribution in [0.4, 0.5) is 0 Å². The summed E-state index contributed by atoms with van der Waals surface area (Å²) in [5.41, 5.74) is 4.26. The lowest BCUT2D eigenvalue weighted by molar-refractivity contribution is 0.818. The van der Waals surface area contributed by atoms with Crippen molar-refractivity contribution < 1.29 is 0 Å². The van der Waals surface area contributed by atoms with Crippen molar-refractivity contribution in [3.8, 4) is 22.6 Å². The van der Waals surface area contributed by atoms with Gasteiger partial charge in [-0.1, -0.05) is 98.8 Å². The molecule has 0 saturated heterocycles. The van der Waals surface area contributed by atoms with Gasteiger partial charge in [-0.3, -0.25) is 0 Å². The smallest absolute Gasteiger partial charge is 0.160 e. The van der Waals surface area contributed by atoms with E-state index in [2.05, 4.69) is 105 Å². The lowest BCUT2D eigenvalue weighted by Gasteiger charge is -2.13. The number of nitrogens with zero attached hydrogens (tertiary/aromatic N) is 2. The van der Waals surface area contributed by atoms with Crippen LogP contribution >= 0.6 is 0 Å². The molecule has 1 heterocycles. The molecule has 5 rings (SSSR count). The van der Waals surface area contributed by atoms with Crippen LogP contribution in [0, 0.1) is 0 Å². The molecular weight excluding hydrogens is 352 g/mol. The second-order valence-corrected chi connectivity index (χ2v) is 7.71. The first-order valence-corrected chi connectivity index (χ1v) is 10.1. The molecule has 0 aliphatic carbocycles. The summed E-state index contributed by atoms with van der Waals surface area (Å²) in [5, 5.41) is 4.82. The third-order valence-electron chi connectivity index (χ3n) is 5.43. The maximum Gasteiger partial charge on any atom is 0.160 e. The van der Waals surface area contributed by atoms with E-state index in [0.29, 0.717) is 5.92 Å². The average molecular weight is 374 g/mol. The van der Waals surface area contributed by atoms with Gasteiger partial charge in [-0.25, -0.2) is 9.97 Å². The molecule has 0 radical (unpaired) electrons. The summed E-state index contributed by atoms with van der Waals surface area (Å²) in [6.07, 6.45) is 0. The molecule has 0 aliphatic rings. The summed E-state index contributed by atoms with van der Waals surface area (Å²) in [7, 11) is 0. The number of fused-ring (bicyclic) bond motifs is 2. The van der Waals surface area contributed by atoms with E-state index in [0.717, 1.165) is 28.3 Å². The Kier molecular flexibility index (Phi) is 4.33. The Balaban J connectivity index is 1.79. The first-order chi connectivity index (χ1) is 14.2. The van der Waals surface area contributed by atoms with E-state index in [4.69, 9.17) is 9.97 Å². The fourth-order valence-electron chi connectivity index (χ4n) is 3.89. The van der Waals surface area contributed by atoms with Gasteiger partial charge < -0.3 is 0 Å². The molecule has 1 aromatic heterocycles. The van der Waals surface area contributed by atoms with Gasteiger partial charge in [0.1, 0.15) is 0 Å². The predicted octanol–water partition coefficient (Wildman–Crippen LogP) is 7.24. The van der Waals surface area contributed by atoms with Crippen LogP contribution in [0.2, 0.25) is 0 Å². The molecule has 0 spiro atoms. The highest BCUT2D eigenvalue weighted by Gasteiger charge is 2.14. The second kappa shape index (κ2) is 7.14. The third kappa shape index (κ3) is 3.17. The quantitative estimate of drug-likeness (QED) is 0.332. The van der Waals surface area contributed by atoms with Crippen LogP contribution in [0.15, 0.2) is 91.0 Å². The van der Waals surface area contributed by atoms with Gasteiger partial charge in [-0.05, 0) is 33.5 Å². The van der Waals surface area contributed by atoms with Crippen LogP contribution in [0.3, 0.4) is 0 Å². The predicted molar refractivity (Wildman–Crippen MR) is 122 cm³/mol. The normalized spacial score (nSPS) is 11.4. The zero-order chi connectivity index (χ0) is 19.8. The van der Waals surface area contributed by atoms with Crippen LogP contribution in [-0.4, -0.2) is 9.97 Å². The molecule has 0 unspecified atom stereocenters. The number of rotatable bonds is 3. The van der Waals surface area contributed by atoms with Gasteiger partial charge in [0.05, 0.1) is 5.69 Å². The van der Waals surface area contributed by atoms with E-state index >= 15 is 0 Å². The Morgan fingerprint density at radius 2 is 1.14 bits per heavy atom. The molecule has 5 aromatic rings. The summed E-state index contributed by atoms with van der Waals surface area (Å²) in [4.78, 5) is 9.99. The van der Waals surface area contributed by atoms with Crippen LogP contribution in [0.1, 0.15) is 25.5 Å². The highest BCUT2D eigenvalue weighted by Crippen LogP contribution is 2.32. The fourth-order valence-corrected chi connectivity index (χ4v) is 3.89. The number of aromatic nitrogens is 2. The van der Waals surface area contributed by atoms with Crippen molar-refractivity contribution >= 4 is 21.5 Å². The Morgan fingerprint density at radius 3 is 1.79 bits per heavy atom. The average Bonchev–Trinajstić information content (AvgIpc) is 2.78. The SMILES string of the molecule is CC(C)c1cc(-c2cccc3ccccc23)nc(-c2cccc3ccccc23)n1. The van der Waals surface area contributed by atoms with E-state index in [1.807, 2.05) is 0 Å². The molecule has 0 bridgehead atoms. The minimum Gasteiger partial charge on any atom is -0.233 e. The van der Waals surface area contributed by atoms with Crippen LogP contribution < -0.4 is 0 Å².